The number of hydrogen-bond donors (Lipinski definition) is 1. The molecule has 112 valence electrons. The summed E-state index contributed by atoms with van der Waals surface area (Å²) in [5, 5.41) is 7.06. The minimum atomic E-state index is -0.841. The Kier molecular flexibility index (Phi) is 5.08. The van der Waals surface area contributed by atoms with Gasteiger partial charge in [-0.15, -0.1) is 22.7 Å². The molecule has 0 radical (unpaired) electrons. The highest BCUT2D eigenvalue weighted by molar-refractivity contribution is 7.20. The van der Waals surface area contributed by atoms with Crippen molar-refractivity contribution in [1.29, 1.82) is 0 Å². The van der Waals surface area contributed by atoms with Gasteiger partial charge in [0.2, 0.25) is 0 Å². The highest BCUT2D eigenvalue weighted by Gasteiger charge is 2.21. The number of esters is 1. The molecule has 0 aromatic carbocycles. The summed E-state index contributed by atoms with van der Waals surface area (Å²) in [6, 6.07) is 3.87. The lowest BCUT2D eigenvalue weighted by molar-refractivity contribution is -0.129. The van der Waals surface area contributed by atoms with Crippen LogP contribution in [-0.2, 0) is 9.53 Å². The molecule has 1 N–H and O–H groups in total. The van der Waals surface area contributed by atoms with Crippen LogP contribution < -0.4 is 5.32 Å². The number of thiophene rings is 1. The number of carbonyl (C=O) groups excluding carboxylic acids is 2. The maximum atomic E-state index is 12.0. The molecule has 0 spiro atoms. The Morgan fingerprint density at radius 1 is 1.29 bits per heavy atom. The molecule has 0 saturated heterocycles. The van der Waals surface area contributed by atoms with Gasteiger partial charge in [-0.3, -0.25) is 4.79 Å². The van der Waals surface area contributed by atoms with E-state index in [2.05, 4.69) is 10.3 Å². The van der Waals surface area contributed by atoms with Crippen molar-refractivity contribution in [1.82, 2.24) is 10.3 Å². The molecule has 1 atom stereocenters. The van der Waals surface area contributed by atoms with Crippen LogP contribution in [0, 0.1) is 0 Å². The average Bonchev–Trinajstić information content (AvgIpc) is 3.08. The van der Waals surface area contributed by atoms with Crippen molar-refractivity contribution in [2.45, 2.75) is 32.9 Å². The zero-order valence-corrected chi connectivity index (χ0v) is 13.6. The highest BCUT2D eigenvalue weighted by Crippen LogP contribution is 2.28. The molecule has 0 bridgehead atoms. The van der Waals surface area contributed by atoms with Crippen LogP contribution in [0.25, 0.3) is 9.88 Å². The van der Waals surface area contributed by atoms with Crippen molar-refractivity contribution >= 4 is 34.6 Å². The average molecular weight is 324 g/mol. The molecule has 0 aliphatic rings. The lowest BCUT2D eigenvalue weighted by Crippen LogP contribution is -2.39. The van der Waals surface area contributed by atoms with Crippen molar-refractivity contribution in [3.63, 3.8) is 0 Å². The van der Waals surface area contributed by atoms with E-state index >= 15 is 0 Å². The topological polar surface area (TPSA) is 68.3 Å². The predicted molar refractivity (Wildman–Crippen MR) is 83.6 cm³/mol. The molecule has 2 aromatic rings. The smallest absolute Gasteiger partial charge is 0.358 e. The minimum absolute atomic E-state index is 0.00311. The number of aromatic nitrogens is 1. The van der Waals surface area contributed by atoms with Crippen LogP contribution in [0.2, 0.25) is 0 Å². The van der Waals surface area contributed by atoms with Crippen LogP contribution in [0.3, 0.4) is 0 Å². The van der Waals surface area contributed by atoms with Crippen molar-refractivity contribution in [3.8, 4) is 9.88 Å². The summed E-state index contributed by atoms with van der Waals surface area (Å²) in [5.41, 5.74) is 0.229. The van der Waals surface area contributed by atoms with Crippen LogP contribution in [0.4, 0.5) is 0 Å². The summed E-state index contributed by atoms with van der Waals surface area (Å²) < 4.78 is 5.13. The first kappa shape index (κ1) is 15.7. The van der Waals surface area contributed by atoms with E-state index in [4.69, 9.17) is 4.74 Å². The van der Waals surface area contributed by atoms with Gasteiger partial charge in [0.05, 0.1) is 4.88 Å². The Morgan fingerprint density at radius 3 is 2.67 bits per heavy atom. The van der Waals surface area contributed by atoms with Crippen LogP contribution in [0.15, 0.2) is 22.9 Å². The molecule has 2 aromatic heterocycles. The summed E-state index contributed by atoms with van der Waals surface area (Å²) >= 11 is 2.94. The fraction of sp³-hybridized carbons (Fsp3) is 0.357. The Hall–Kier alpha value is -1.73. The van der Waals surface area contributed by atoms with Gasteiger partial charge in [0.15, 0.2) is 11.8 Å². The second-order valence-electron chi connectivity index (χ2n) is 4.73. The maximum absolute atomic E-state index is 12.0. The van der Waals surface area contributed by atoms with Gasteiger partial charge < -0.3 is 10.1 Å². The van der Waals surface area contributed by atoms with E-state index in [1.807, 2.05) is 31.4 Å². The summed E-state index contributed by atoms with van der Waals surface area (Å²) in [6.45, 7) is 5.24. The summed E-state index contributed by atoms with van der Waals surface area (Å²) in [7, 11) is 0. The quantitative estimate of drug-likeness (QED) is 0.859. The third-order valence-electron chi connectivity index (χ3n) is 2.53. The first-order valence-corrected chi connectivity index (χ1v) is 8.24. The number of ether oxygens (including phenoxy) is 1. The number of carbonyl (C=O) groups is 2. The molecule has 0 saturated carbocycles. The lowest BCUT2D eigenvalue weighted by atomic mass is 10.3. The van der Waals surface area contributed by atoms with E-state index < -0.39 is 12.1 Å². The van der Waals surface area contributed by atoms with Crippen LogP contribution in [-0.4, -0.2) is 29.0 Å². The van der Waals surface area contributed by atoms with Gasteiger partial charge in [-0.1, -0.05) is 6.07 Å². The van der Waals surface area contributed by atoms with Crippen molar-refractivity contribution in [3.05, 3.63) is 28.6 Å². The molecule has 7 heteroatoms. The van der Waals surface area contributed by atoms with Gasteiger partial charge in [0.25, 0.3) is 5.91 Å². The molecule has 0 aliphatic heterocycles. The molecular formula is C14H16N2O3S2. The van der Waals surface area contributed by atoms with Crippen molar-refractivity contribution in [2.75, 3.05) is 0 Å². The second kappa shape index (κ2) is 6.82. The number of amides is 1. The van der Waals surface area contributed by atoms with E-state index in [0.29, 0.717) is 0 Å². The van der Waals surface area contributed by atoms with Gasteiger partial charge in [-0.25, -0.2) is 9.78 Å². The Morgan fingerprint density at radius 2 is 2.05 bits per heavy atom. The van der Waals surface area contributed by atoms with Crippen LogP contribution in [0.5, 0.6) is 0 Å². The molecule has 2 heterocycles. The zero-order valence-electron chi connectivity index (χ0n) is 12.0. The van der Waals surface area contributed by atoms with E-state index in [9.17, 15) is 9.59 Å². The summed E-state index contributed by atoms with van der Waals surface area (Å²) in [4.78, 5) is 28.9. The van der Waals surface area contributed by atoms with Crippen LogP contribution >= 0.6 is 22.7 Å². The first-order chi connectivity index (χ1) is 9.97. The third kappa shape index (κ3) is 4.12. The molecule has 21 heavy (non-hydrogen) atoms. The SMILES string of the molecule is CC(C)NC(=O)[C@H](C)OC(=O)c1csc(-c2cccs2)n1. The number of rotatable bonds is 5. The largest absolute Gasteiger partial charge is 0.448 e. The fourth-order valence-corrected chi connectivity index (χ4v) is 3.16. The minimum Gasteiger partial charge on any atom is -0.448 e. The Balaban J connectivity index is 1.99. The molecule has 1 amide bonds. The normalized spacial score (nSPS) is 12.2. The fourth-order valence-electron chi connectivity index (χ4n) is 1.56. The van der Waals surface area contributed by atoms with E-state index in [0.717, 1.165) is 9.88 Å². The van der Waals surface area contributed by atoms with Crippen molar-refractivity contribution < 1.29 is 14.3 Å². The lowest BCUT2D eigenvalue weighted by Gasteiger charge is -2.14. The molecule has 2 rings (SSSR count). The van der Waals surface area contributed by atoms with E-state index in [1.165, 1.54) is 11.3 Å². The van der Waals surface area contributed by atoms with Gasteiger partial charge in [0, 0.05) is 11.4 Å². The van der Waals surface area contributed by atoms with E-state index in [-0.39, 0.29) is 17.6 Å². The number of nitrogens with zero attached hydrogens (tertiary/aromatic N) is 1. The van der Waals surface area contributed by atoms with Crippen LogP contribution in [0.1, 0.15) is 31.3 Å². The second-order valence-corrected chi connectivity index (χ2v) is 6.53. The molecule has 0 unspecified atom stereocenters. The van der Waals surface area contributed by atoms with Gasteiger partial charge in [-0.2, -0.15) is 0 Å². The first-order valence-electron chi connectivity index (χ1n) is 6.48. The predicted octanol–water partition coefficient (Wildman–Crippen LogP) is 2.94. The third-order valence-corrected chi connectivity index (χ3v) is 4.41. The molecule has 5 nitrogen and oxygen atoms in total. The number of hydrogen-bond acceptors (Lipinski definition) is 6. The summed E-state index contributed by atoms with van der Waals surface area (Å²) in [6.07, 6.45) is -0.841. The highest BCUT2D eigenvalue weighted by atomic mass is 32.1. The molecule has 0 aliphatic carbocycles. The standard InChI is InChI=1S/C14H16N2O3S2/c1-8(2)15-12(17)9(3)19-14(18)10-7-21-13(16-10)11-5-4-6-20-11/h4-9H,1-3H3,(H,15,17)/t9-/m0/s1. The summed E-state index contributed by atoms with van der Waals surface area (Å²) in [5.74, 6) is -0.896. The Bertz CT molecular complexity index is 620. The van der Waals surface area contributed by atoms with Gasteiger partial charge >= 0.3 is 5.97 Å². The van der Waals surface area contributed by atoms with Gasteiger partial charge in [-0.05, 0) is 32.2 Å². The van der Waals surface area contributed by atoms with Gasteiger partial charge in [0.1, 0.15) is 5.01 Å². The monoisotopic (exact) mass is 324 g/mol. The number of thiazole rings is 1. The number of nitrogens with one attached hydrogen (secondary N) is 1. The molecular weight excluding hydrogens is 308 g/mol. The molecule has 0 fully saturated rings. The van der Waals surface area contributed by atoms with E-state index in [1.54, 1.807) is 23.6 Å². The van der Waals surface area contributed by atoms with Crippen molar-refractivity contribution in [2.24, 2.45) is 0 Å². The Labute approximate surface area is 131 Å². The maximum Gasteiger partial charge on any atom is 0.358 e. The zero-order chi connectivity index (χ0) is 15.4.